The average molecular weight is 244 g/mol. The minimum atomic E-state index is -0.107. The first-order valence-electron chi connectivity index (χ1n) is 5.68. The number of imidazole rings is 1. The van der Waals surface area contributed by atoms with Gasteiger partial charge in [0.1, 0.15) is 5.82 Å². The number of aryl methyl sites for hydroxylation is 1. The lowest BCUT2D eigenvalue weighted by atomic mass is 10.1. The molecular weight excluding hydrogens is 228 g/mol. The van der Waals surface area contributed by atoms with Gasteiger partial charge in [0.25, 0.3) is 5.91 Å². The van der Waals surface area contributed by atoms with E-state index < -0.39 is 0 Å². The third-order valence-corrected chi connectivity index (χ3v) is 2.73. The zero-order chi connectivity index (χ0) is 13.1. The minimum absolute atomic E-state index is 0.107. The molecule has 5 heteroatoms. The van der Waals surface area contributed by atoms with Gasteiger partial charge in [0.15, 0.2) is 0 Å². The highest BCUT2D eigenvalue weighted by molar-refractivity contribution is 5.99. The molecule has 94 valence electrons. The van der Waals surface area contributed by atoms with Crippen LogP contribution in [0.25, 0.3) is 0 Å². The van der Waals surface area contributed by atoms with Crippen LogP contribution >= 0.6 is 0 Å². The van der Waals surface area contributed by atoms with Crippen molar-refractivity contribution in [1.82, 2.24) is 14.9 Å². The molecule has 0 aliphatic carbocycles. The summed E-state index contributed by atoms with van der Waals surface area (Å²) in [6.45, 7) is 2.37. The summed E-state index contributed by atoms with van der Waals surface area (Å²) in [6.07, 6.45) is 3.39. The molecule has 0 unspecified atom stereocenters. The molecule has 0 atom stereocenters. The van der Waals surface area contributed by atoms with Gasteiger partial charge in [0.2, 0.25) is 0 Å². The van der Waals surface area contributed by atoms with Crippen molar-refractivity contribution in [3.63, 3.8) is 0 Å². The molecule has 0 radical (unpaired) electrons. The number of hydrogen-bond donors (Lipinski definition) is 2. The van der Waals surface area contributed by atoms with Gasteiger partial charge >= 0.3 is 0 Å². The van der Waals surface area contributed by atoms with Crippen LogP contribution in [0.1, 0.15) is 21.7 Å². The van der Waals surface area contributed by atoms with Crippen molar-refractivity contribution in [2.75, 3.05) is 12.8 Å². The molecule has 1 amide bonds. The number of aromatic nitrogens is 2. The summed E-state index contributed by atoms with van der Waals surface area (Å²) in [7, 11) is 1.73. The van der Waals surface area contributed by atoms with Crippen molar-refractivity contribution in [2.45, 2.75) is 13.5 Å². The van der Waals surface area contributed by atoms with E-state index in [0.29, 0.717) is 17.8 Å². The molecule has 0 bridgehead atoms. The number of benzene rings is 1. The number of amides is 1. The van der Waals surface area contributed by atoms with Gasteiger partial charge in [-0.2, -0.15) is 0 Å². The van der Waals surface area contributed by atoms with Gasteiger partial charge < -0.3 is 15.6 Å². The van der Waals surface area contributed by atoms with Gasteiger partial charge in [0.05, 0.1) is 12.1 Å². The third kappa shape index (κ3) is 2.51. The van der Waals surface area contributed by atoms with E-state index in [1.807, 2.05) is 13.0 Å². The van der Waals surface area contributed by atoms with E-state index in [2.05, 4.69) is 9.97 Å². The van der Waals surface area contributed by atoms with Crippen LogP contribution in [0.3, 0.4) is 0 Å². The van der Waals surface area contributed by atoms with Crippen LogP contribution in [0.5, 0.6) is 0 Å². The molecule has 0 aliphatic heterocycles. The largest absolute Gasteiger partial charge is 0.398 e. The Kier molecular flexibility index (Phi) is 3.32. The minimum Gasteiger partial charge on any atom is -0.398 e. The molecule has 0 spiro atoms. The van der Waals surface area contributed by atoms with Gasteiger partial charge in [-0.3, -0.25) is 4.79 Å². The Morgan fingerprint density at radius 2 is 2.28 bits per heavy atom. The number of carbonyl (C=O) groups excluding carboxylic acids is 1. The second-order valence-corrected chi connectivity index (χ2v) is 4.29. The average Bonchev–Trinajstić information content (AvgIpc) is 2.81. The number of nitrogen functional groups attached to an aromatic ring is 1. The van der Waals surface area contributed by atoms with Crippen LogP contribution in [-0.2, 0) is 6.54 Å². The number of carbonyl (C=O) groups is 1. The number of nitrogens with one attached hydrogen (secondary N) is 1. The Bertz CT molecular complexity index is 548. The predicted octanol–water partition coefficient (Wildman–Crippen LogP) is 1.57. The Hall–Kier alpha value is -2.30. The van der Waals surface area contributed by atoms with E-state index in [1.165, 1.54) is 0 Å². The summed E-state index contributed by atoms with van der Waals surface area (Å²) in [5.41, 5.74) is 7.93. The maximum atomic E-state index is 12.2. The van der Waals surface area contributed by atoms with E-state index in [4.69, 9.17) is 5.73 Å². The fourth-order valence-corrected chi connectivity index (χ4v) is 1.76. The van der Waals surface area contributed by atoms with Crippen molar-refractivity contribution in [3.05, 3.63) is 47.5 Å². The van der Waals surface area contributed by atoms with E-state index in [1.54, 1.807) is 36.5 Å². The van der Waals surface area contributed by atoms with Crippen LogP contribution < -0.4 is 5.73 Å². The third-order valence-electron chi connectivity index (χ3n) is 2.73. The SMILES string of the molecule is Cc1ccc(C(=O)N(C)Cc2ncc[nH]2)c(N)c1. The molecule has 0 aliphatic rings. The maximum absolute atomic E-state index is 12.2. The summed E-state index contributed by atoms with van der Waals surface area (Å²) in [5.74, 6) is 0.639. The summed E-state index contributed by atoms with van der Waals surface area (Å²) < 4.78 is 0. The van der Waals surface area contributed by atoms with Crippen LogP contribution in [-0.4, -0.2) is 27.8 Å². The van der Waals surface area contributed by atoms with E-state index in [9.17, 15) is 4.79 Å². The first-order valence-corrected chi connectivity index (χ1v) is 5.68. The first kappa shape index (κ1) is 12.2. The molecule has 0 saturated carbocycles. The molecule has 0 fully saturated rings. The number of anilines is 1. The smallest absolute Gasteiger partial charge is 0.256 e. The molecule has 3 N–H and O–H groups in total. The number of H-pyrrole nitrogens is 1. The monoisotopic (exact) mass is 244 g/mol. The highest BCUT2D eigenvalue weighted by atomic mass is 16.2. The lowest BCUT2D eigenvalue weighted by Gasteiger charge is -2.17. The van der Waals surface area contributed by atoms with Crippen molar-refractivity contribution in [3.8, 4) is 0 Å². The molecule has 1 heterocycles. The highest BCUT2D eigenvalue weighted by Gasteiger charge is 2.15. The van der Waals surface area contributed by atoms with Crippen LogP contribution in [0.15, 0.2) is 30.6 Å². The number of hydrogen-bond acceptors (Lipinski definition) is 3. The second-order valence-electron chi connectivity index (χ2n) is 4.29. The Morgan fingerprint density at radius 1 is 1.50 bits per heavy atom. The lowest BCUT2D eigenvalue weighted by molar-refractivity contribution is 0.0783. The number of nitrogens with two attached hydrogens (primary N) is 1. The fourth-order valence-electron chi connectivity index (χ4n) is 1.76. The van der Waals surface area contributed by atoms with E-state index in [-0.39, 0.29) is 5.91 Å². The predicted molar refractivity (Wildman–Crippen MR) is 70.0 cm³/mol. The Balaban J connectivity index is 2.15. The standard InChI is InChI=1S/C13H16N4O/c1-9-3-4-10(11(14)7-9)13(18)17(2)8-12-15-5-6-16-12/h3-7H,8,14H2,1-2H3,(H,15,16). The normalized spacial score (nSPS) is 10.3. The molecule has 0 saturated heterocycles. The zero-order valence-electron chi connectivity index (χ0n) is 10.5. The molecule has 2 aromatic rings. The number of aromatic amines is 1. The quantitative estimate of drug-likeness (QED) is 0.805. The van der Waals surface area contributed by atoms with Crippen molar-refractivity contribution >= 4 is 11.6 Å². The second kappa shape index (κ2) is 4.91. The first-order chi connectivity index (χ1) is 8.58. The van der Waals surface area contributed by atoms with Gasteiger partial charge in [-0.15, -0.1) is 0 Å². The maximum Gasteiger partial charge on any atom is 0.256 e. The summed E-state index contributed by atoms with van der Waals surface area (Å²) in [4.78, 5) is 20.8. The summed E-state index contributed by atoms with van der Waals surface area (Å²) >= 11 is 0. The van der Waals surface area contributed by atoms with Crippen molar-refractivity contribution in [2.24, 2.45) is 0 Å². The highest BCUT2D eigenvalue weighted by Crippen LogP contribution is 2.16. The molecule has 18 heavy (non-hydrogen) atoms. The lowest BCUT2D eigenvalue weighted by Crippen LogP contribution is -2.27. The van der Waals surface area contributed by atoms with E-state index in [0.717, 1.165) is 11.4 Å². The van der Waals surface area contributed by atoms with Crippen molar-refractivity contribution < 1.29 is 4.79 Å². The van der Waals surface area contributed by atoms with Crippen LogP contribution in [0.4, 0.5) is 5.69 Å². The van der Waals surface area contributed by atoms with Crippen LogP contribution in [0, 0.1) is 6.92 Å². The van der Waals surface area contributed by atoms with E-state index >= 15 is 0 Å². The molecule has 1 aromatic heterocycles. The zero-order valence-corrected chi connectivity index (χ0v) is 10.5. The summed E-state index contributed by atoms with van der Waals surface area (Å²) in [6, 6.07) is 5.43. The molecule has 2 rings (SSSR count). The fraction of sp³-hybridized carbons (Fsp3) is 0.231. The number of nitrogens with zero attached hydrogens (tertiary/aromatic N) is 2. The van der Waals surface area contributed by atoms with Gasteiger partial charge in [-0.05, 0) is 24.6 Å². The van der Waals surface area contributed by atoms with Crippen molar-refractivity contribution in [1.29, 1.82) is 0 Å². The topological polar surface area (TPSA) is 75.0 Å². The molecular formula is C13H16N4O. The summed E-state index contributed by atoms with van der Waals surface area (Å²) in [5, 5.41) is 0. The number of rotatable bonds is 3. The van der Waals surface area contributed by atoms with Gasteiger partial charge in [0, 0.05) is 25.1 Å². The Labute approximate surface area is 106 Å². The van der Waals surface area contributed by atoms with Gasteiger partial charge in [-0.1, -0.05) is 6.07 Å². The Morgan fingerprint density at radius 3 is 2.89 bits per heavy atom. The molecule has 5 nitrogen and oxygen atoms in total. The van der Waals surface area contributed by atoms with Crippen LogP contribution in [0.2, 0.25) is 0 Å². The van der Waals surface area contributed by atoms with Gasteiger partial charge in [-0.25, -0.2) is 4.98 Å². The molecule has 1 aromatic carbocycles.